The van der Waals surface area contributed by atoms with Crippen LogP contribution in [0.15, 0.2) is 24.3 Å². The average Bonchev–Trinajstić information content (AvgIpc) is 3.01. The number of rotatable bonds is 2. The van der Waals surface area contributed by atoms with Gasteiger partial charge < -0.3 is 5.11 Å². The van der Waals surface area contributed by atoms with Crippen molar-refractivity contribution in [3.8, 4) is 0 Å². The van der Waals surface area contributed by atoms with E-state index in [4.69, 9.17) is 0 Å². The van der Waals surface area contributed by atoms with E-state index in [1.807, 2.05) is 19.1 Å². The molecule has 0 aliphatic heterocycles. The predicted octanol–water partition coefficient (Wildman–Crippen LogP) is 3.33. The lowest BCUT2D eigenvalue weighted by Gasteiger charge is -2.07. The van der Waals surface area contributed by atoms with Crippen molar-refractivity contribution in [1.29, 1.82) is 0 Å². The lowest BCUT2D eigenvalue weighted by Crippen LogP contribution is -2.18. The highest BCUT2D eigenvalue weighted by Crippen LogP contribution is 2.53. The Kier molecular flexibility index (Phi) is 1.89. The fraction of sp³-hybridized carbons (Fsp3) is 0.308. The van der Waals surface area contributed by atoms with Crippen LogP contribution in [0.1, 0.15) is 23.3 Å². The topological polar surface area (TPSA) is 37.3 Å². The van der Waals surface area contributed by atoms with Gasteiger partial charge in [-0.3, -0.25) is 4.79 Å². The van der Waals surface area contributed by atoms with Crippen molar-refractivity contribution in [2.75, 3.05) is 0 Å². The van der Waals surface area contributed by atoms with E-state index < -0.39 is 11.4 Å². The first-order valence-corrected chi connectivity index (χ1v) is 6.19. The van der Waals surface area contributed by atoms with Crippen LogP contribution in [0.5, 0.6) is 0 Å². The van der Waals surface area contributed by atoms with E-state index in [1.54, 1.807) is 11.3 Å². The molecule has 0 spiro atoms. The zero-order valence-corrected chi connectivity index (χ0v) is 9.80. The van der Waals surface area contributed by atoms with E-state index in [0.717, 1.165) is 23.3 Å². The molecule has 3 rings (SSSR count). The van der Waals surface area contributed by atoms with Gasteiger partial charge in [0.15, 0.2) is 0 Å². The Morgan fingerprint density at radius 3 is 2.62 bits per heavy atom. The maximum absolute atomic E-state index is 11.3. The Morgan fingerprint density at radius 2 is 2.06 bits per heavy atom. The summed E-state index contributed by atoms with van der Waals surface area (Å²) in [4.78, 5) is 12.4. The number of carbonyl (C=O) groups is 1. The molecule has 3 heteroatoms. The van der Waals surface area contributed by atoms with Crippen molar-refractivity contribution in [1.82, 2.24) is 0 Å². The maximum Gasteiger partial charge on any atom is 0.314 e. The quantitative estimate of drug-likeness (QED) is 0.862. The second-order valence-corrected chi connectivity index (χ2v) is 5.49. The molecule has 0 saturated heterocycles. The van der Waals surface area contributed by atoms with Crippen molar-refractivity contribution in [2.24, 2.45) is 0 Å². The molecular weight excluding hydrogens is 220 g/mol. The number of benzene rings is 1. The van der Waals surface area contributed by atoms with E-state index >= 15 is 0 Å². The Balaban J connectivity index is 2.26. The summed E-state index contributed by atoms with van der Waals surface area (Å²) in [7, 11) is 0. The van der Waals surface area contributed by atoms with Crippen LogP contribution in [-0.4, -0.2) is 11.1 Å². The molecule has 2 nitrogen and oxygen atoms in total. The number of hydrogen-bond donors (Lipinski definition) is 1. The molecule has 1 aromatic carbocycles. The summed E-state index contributed by atoms with van der Waals surface area (Å²) in [5.41, 5.74) is 0.592. The first kappa shape index (κ1) is 9.85. The number of thiophene rings is 1. The number of fused-ring (bicyclic) bond motifs is 1. The van der Waals surface area contributed by atoms with Gasteiger partial charge in [0.2, 0.25) is 0 Å². The number of aryl methyl sites for hydroxylation is 1. The average molecular weight is 232 g/mol. The van der Waals surface area contributed by atoms with Gasteiger partial charge in [-0.05, 0) is 36.8 Å². The third-order valence-corrected chi connectivity index (χ3v) is 4.91. The SMILES string of the molecule is Cc1c(C2(C(=O)O)CC2)sc2ccccc12. The van der Waals surface area contributed by atoms with Crippen LogP contribution >= 0.6 is 11.3 Å². The van der Waals surface area contributed by atoms with Crippen molar-refractivity contribution in [3.05, 3.63) is 34.7 Å². The van der Waals surface area contributed by atoms with Gasteiger partial charge in [0.25, 0.3) is 0 Å². The van der Waals surface area contributed by atoms with Gasteiger partial charge >= 0.3 is 5.97 Å². The van der Waals surface area contributed by atoms with Crippen LogP contribution in [0, 0.1) is 6.92 Å². The van der Waals surface area contributed by atoms with Gasteiger partial charge in [-0.15, -0.1) is 11.3 Å². The molecule has 16 heavy (non-hydrogen) atoms. The molecule has 1 saturated carbocycles. The van der Waals surface area contributed by atoms with Crippen molar-refractivity contribution >= 4 is 27.4 Å². The zero-order valence-electron chi connectivity index (χ0n) is 8.99. The Bertz CT molecular complexity index is 579. The minimum Gasteiger partial charge on any atom is -0.481 e. The van der Waals surface area contributed by atoms with Crippen LogP contribution in [0.4, 0.5) is 0 Å². The van der Waals surface area contributed by atoms with Crippen molar-refractivity contribution in [3.63, 3.8) is 0 Å². The van der Waals surface area contributed by atoms with E-state index in [9.17, 15) is 9.90 Å². The van der Waals surface area contributed by atoms with Crippen LogP contribution in [0.3, 0.4) is 0 Å². The molecule has 2 aromatic rings. The smallest absolute Gasteiger partial charge is 0.314 e. The standard InChI is InChI=1S/C13H12O2S/c1-8-9-4-2-3-5-10(9)16-11(8)13(6-7-13)12(14)15/h2-5H,6-7H2,1H3,(H,14,15). The lowest BCUT2D eigenvalue weighted by atomic mass is 10.00. The first-order chi connectivity index (χ1) is 7.65. The zero-order chi connectivity index (χ0) is 11.3. The Labute approximate surface area is 97.5 Å². The van der Waals surface area contributed by atoms with Gasteiger partial charge in [0, 0.05) is 9.58 Å². The Morgan fingerprint density at radius 1 is 1.38 bits per heavy atom. The third kappa shape index (κ3) is 1.15. The fourth-order valence-corrected chi connectivity index (χ4v) is 3.74. The molecule has 1 aromatic heterocycles. The molecule has 1 aliphatic carbocycles. The molecule has 1 N–H and O–H groups in total. The third-order valence-electron chi connectivity index (χ3n) is 3.44. The summed E-state index contributed by atoms with van der Waals surface area (Å²) < 4.78 is 1.20. The second kappa shape index (κ2) is 3.08. The van der Waals surface area contributed by atoms with Gasteiger partial charge in [0.05, 0.1) is 0 Å². The second-order valence-electron chi connectivity index (χ2n) is 4.44. The molecule has 82 valence electrons. The van der Waals surface area contributed by atoms with Crippen LogP contribution in [0.25, 0.3) is 10.1 Å². The monoisotopic (exact) mass is 232 g/mol. The largest absolute Gasteiger partial charge is 0.481 e. The molecule has 0 bridgehead atoms. The highest BCUT2D eigenvalue weighted by Gasteiger charge is 2.53. The van der Waals surface area contributed by atoms with Crippen molar-refractivity contribution < 1.29 is 9.90 Å². The molecule has 0 atom stereocenters. The normalized spacial score (nSPS) is 17.6. The molecule has 0 unspecified atom stereocenters. The van der Waals surface area contributed by atoms with Crippen LogP contribution < -0.4 is 0 Å². The highest BCUT2D eigenvalue weighted by molar-refractivity contribution is 7.19. The summed E-state index contributed by atoms with van der Waals surface area (Å²) in [5, 5.41) is 10.5. The summed E-state index contributed by atoms with van der Waals surface area (Å²) in [5.74, 6) is -0.665. The van der Waals surface area contributed by atoms with Gasteiger partial charge in [-0.25, -0.2) is 0 Å². The summed E-state index contributed by atoms with van der Waals surface area (Å²) >= 11 is 1.64. The number of hydrogen-bond acceptors (Lipinski definition) is 2. The summed E-state index contributed by atoms with van der Waals surface area (Å²) in [6, 6.07) is 8.14. The lowest BCUT2D eigenvalue weighted by molar-refractivity contribution is -0.139. The summed E-state index contributed by atoms with van der Waals surface area (Å²) in [6.07, 6.45) is 1.58. The summed E-state index contributed by atoms with van der Waals surface area (Å²) in [6.45, 7) is 2.04. The van der Waals surface area contributed by atoms with Gasteiger partial charge in [-0.2, -0.15) is 0 Å². The first-order valence-electron chi connectivity index (χ1n) is 5.37. The fourth-order valence-electron chi connectivity index (χ4n) is 2.29. The molecule has 1 heterocycles. The Hall–Kier alpha value is -1.35. The van der Waals surface area contributed by atoms with E-state index in [0.29, 0.717) is 0 Å². The minimum absolute atomic E-state index is 0.562. The molecule has 0 amide bonds. The molecule has 1 aliphatic rings. The van der Waals surface area contributed by atoms with Gasteiger partial charge in [0.1, 0.15) is 5.41 Å². The number of carboxylic acid groups (broad SMARTS) is 1. The van der Waals surface area contributed by atoms with Crippen molar-refractivity contribution in [2.45, 2.75) is 25.2 Å². The highest BCUT2D eigenvalue weighted by atomic mass is 32.1. The molecule has 1 fully saturated rings. The van der Waals surface area contributed by atoms with E-state index in [2.05, 4.69) is 12.1 Å². The predicted molar refractivity (Wildman–Crippen MR) is 65.1 cm³/mol. The van der Waals surface area contributed by atoms with E-state index in [1.165, 1.54) is 10.1 Å². The number of carboxylic acids is 1. The van der Waals surface area contributed by atoms with Crippen LogP contribution in [0.2, 0.25) is 0 Å². The van der Waals surface area contributed by atoms with E-state index in [-0.39, 0.29) is 0 Å². The molecule has 0 radical (unpaired) electrons. The minimum atomic E-state index is -0.665. The maximum atomic E-state index is 11.3. The number of aliphatic carboxylic acids is 1. The molecular formula is C13H12O2S. The van der Waals surface area contributed by atoms with Gasteiger partial charge in [-0.1, -0.05) is 18.2 Å². The van der Waals surface area contributed by atoms with Crippen LogP contribution in [-0.2, 0) is 10.2 Å².